The molecule has 0 aromatic carbocycles. The number of nitrogens with two attached hydrogens (primary N) is 1. The molecule has 0 bridgehead atoms. The molecule has 1 amide bonds. The minimum Gasteiger partial charge on any atom is -0.387 e. The lowest BCUT2D eigenvalue weighted by Crippen LogP contribution is -2.41. The number of amides is 1. The Bertz CT molecular complexity index is 1120. The van der Waals surface area contributed by atoms with Crippen molar-refractivity contribution in [2.24, 2.45) is 23.7 Å². The number of hydrogen-bond acceptors (Lipinski definition) is 7. The Labute approximate surface area is 213 Å². The van der Waals surface area contributed by atoms with Crippen LogP contribution in [0.3, 0.4) is 0 Å². The zero-order valence-corrected chi connectivity index (χ0v) is 21.8. The predicted molar refractivity (Wildman–Crippen MR) is 141 cm³/mol. The van der Waals surface area contributed by atoms with E-state index in [1.165, 1.54) is 0 Å². The van der Waals surface area contributed by atoms with Crippen LogP contribution in [0.4, 0.5) is 5.82 Å². The van der Waals surface area contributed by atoms with Crippen LogP contribution in [0.15, 0.2) is 42.3 Å². The number of aromatic nitrogens is 4. The molecule has 1 saturated heterocycles. The number of nitrogens with one attached hydrogen (secondary N) is 1. The summed E-state index contributed by atoms with van der Waals surface area (Å²) in [5, 5.41) is 26.7. The molecule has 0 saturated carbocycles. The van der Waals surface area contributed by atoms with Gasteiger partial charge in [-0.15, -0.1) is 0 Å². The molecule has 10 nitrogen and oxygen atoms in total. The molecule has 1 unspecified atom stereocenters. The lowest BCUT2D eigenvalue weighted by atomic mass is 9.92. The SMILES string of the molecule is C=C/C(=C\CC(=N)c1cnn(C)c1)c1cnn(C(C)N)c1N=C(CBr)C1CCN(C(=O)CO)CC1. The summed E-state index contributed by atoms with van der Waals surface area (Å²) in [5.41, 5.74) is 9.98. The van der Waals surface area contributed by atoms with E-state index < -0.39 is 6.61 Å². The van der Waals surface area contributed by atoms with Gasteiger partial charge in [-0.1, -0.05) is 34.7 Å². The van der Waals surface area contributed by atoms with Gasteiger partial charge in [0.05, 0.1) is 18.6 Å². The summed E-state index contributed by atoms with van der Waals surface area (Å²) in [6.07, 6.45) is 10.5. The Morgan fingerprint density at radius 2 is 2.11 bits per heavy atom. The first-order valence-corrected chi connectivity index (χ1v) is 12.7. The molecule has 3 rings (SSSR count). The van der Waals surface area contributed by atoms with Gasteiger partial charge in [0.2, 0.25) is 5.91 Å². The Hall–Kier alpha value is -2.89. The Balaban J connectivity index is 1.89. The number of alkyl halides is 1. The normalized spacial score (nSPS) is 16.4. The molecule has 11 heteroatoms. The summed E-state index contributed by atoms with van der Waals surface area (Å²) in [6.45, 7) is 6.53. The van der Waals surface area contributed by atoms with Crippen molar-refractivity contribution in [1.82, 2.24) is 24.5 Å². The first-order chi connectivity index (χ1) is 16.8. The van der Waals surface area contributed by atoms with Crippen LogP contribution in [0.25, 0.3) is 5.57 Å². The Morgan fingerprint density at radius 3 is 2.66 bits per heavy atom. The lowest BCUT2D eigenvalue weighted by molar-refractivity contribution is -0.135. The number of aliphatic imine (C=N–C) groups is 1. The fraction of sp³-hybridized carbons (Fsp3) is 0.458. The fourth-order valence-electron chi connectivity index (χ4n) is 4.11. The third kappa shape index (κ3) is 6.41. The number of nitrogens with zero attached hydrogens (tertiary/aromatic N) is 6. The van der Waals surface area contributed by atoms with Crippen LogP contribution in [0, 0.1) is 11.3 Å². The molecule has 2 aromatic heterocycles. The molecule has 188 valence electrons. The number of allylic oxidation sites excluding steroid dienone is 3. The van der Waals surface area contributed by atoms with Crippen LogP contribution < -0.4 is 5.73 Å². The molecule has 1 fully saturated rings. The largest absolute Gasteiger partial charge is 0.387 e. The van der Waals surface area contributed by atoms with Crippen LogP contribution >= 0.6 is 15.9 Å². The number of likely N-dealkylation sites (tertiary alicyclic amines) is 1. The second kappa shape index (κ2) is 12.2. The van der Waals surface area contributed by atoms with E-state index in [0.29, 0.717) is 36.4 Å². The third-order valence-corrected chi connectivity index (χ3v) is 6.68. The topological polar surface area (TPSA) is 138 Å². The number of rotatable bonds is 10. The summed E-state index contributed by atoms with van der Waals surface area (Å²) >= 11 is 3.59. The molecule has 35 heavy (non-hydrogen) atoms. The Kier molecular flexibility index (Phi) is 9.30. The fourth-order valence-corrected chi connectivity index (χ4v) is 4.69. The first-order valence-electron chi connectivity index (χ1n) is 11.5. The molecule has 1 atom stereocenters. The van der Waals surface area contributed by atoms with E-state index in [1.54, 1.807) is 32.7 Å². The minimum absolute atomic E-state index is 0.191. The second-order valence-electron chi connectivity index (χ2n) is 8.57. The van der Waals surface area contributed by atoms with Crippen molar-refractivity contribution in [1.29, 1.82) is 5.41 Å². The highest BCUT2D eigenvalue weighted by Crippen LogP contribution is 2.31. The average molecular weight is 545 g/mol. The molecular weight excluding hydrogens is 512 g/mol. The van der Waals surface area contributed by atoms with E-state index in [9.17, 15) is 4.79 Å². The smallest absolute Gasteiger partial charge is 0.248 e. The van der Waals surface area contributed by atoms with Crippen LogP contribution in [0.2, 0.25) is 0 Å². The highest BCUT2D eigenvalue weighted by Gasteiger charge is 2.26. The average Bonchev–Trinajstić information content (AvgIpc) is 3.49. The van der Waals surface area contributed by atoms with E-state index in [2.05, 4.69) is 32.7 Å². The van der Waals surface area contributed by atoms with Gasteiger partial charge in [-0.2, -0.15) is 10.2 Å². The van der Waals surface area contributed by atoms with Gasteiger partial charge in [0, 0.05) is 66.6 Å². The van der Waals surface area contributed by atoms with Crippen molar-refractivity contribution >= 4 is 44.7 Å². The zero-order valence-electron chi connectivity index (χ0n) is 20.2. The van der Waals surface area contributed by atoms with Gasteiger partial charge in [-0.3, -0.25) is 9.48 Å². The highest BCUT2D eigenvalue weighted by molar-refractivity contribution is 9.09. The van der Waals surface area contributed by atoms with E-state index in [4.69, 9.17) is 21.2 Å². The van der Waals surface area contributed by atoms with Gasteiger partial charge in [0.25, 0.3) is 0 Å². The van der Waals surface area contributed by atoms with E-state index in [-0.39, 0.29) is 18.0 Å². The summed E-state index contributed by atoms with van der Waals surface area (Å²) in [6, 6.07) is 0. The Morgan fingerprint density at radius 1 is 1.40 bits per heavy atom. The minimum atomic E-state index is -0.462. The zero-order chi connectivity index (χ0) is 25.5. The molecule has 0 aliphatic carbocycles. The van der Waals surface area contributed by atoms with Crippen molar-refractivity contribution < 1.29 is 9.90 Å². The number of piperidine rings is 1. The van der Waals surface area contributed by atoms with E-state index >= 15 is 0 Å². The number of carbonyl (C=O) groups excluding carboxylic acids is 1. The maximum atomic E-state index is 11.8. The molecular formula is C24H33BrN8O2. The quantitative estimate of drug-likeness (QED) is 0.240. The molecule has 3 heterocycles. The number of halogens is 1. The summed E-state index contributed by atoms with van der Waals surface area (Å²) in [7, 11) is 1.82. The number of hydrogen-bond donors (Lipinski definition) is 3. The molecule has 0 spiro atoms. The summed E-state index contributed by atoms with van der Waals surface area (Å²) in [4.78, 5) is 18.5. The van der Waals surface area contributed by atoms with Gasteiger partial charge in [-0.25, -0.2) is 9.67 Å². The van der Waals surface area contributed by atoms with Gasteiger partial charge in [0.15, 0.2) is 5.82 Å². The standard InChI is InChI=1S/C24H33BrN8O2/c1-4-17(5-6-21(27)19-12-28-31(3)14-19)20-13-29-33(16(2)26)24(20)30-22(11-25)18-7-9-32(10-8-18)23(35)15-34/h4-5,12-14,16,18,27,34H,1,6-11,15,26H2,2-3H3/b17-5+,27-21?,30-22?. The monoisotopic (exact) mass is 544 g/mol. The number of aryl methyl sites for hydroxylation is 1. The number of aliphatic hydroxyl groups excluding tert-OH is 1. The lowest BCUT2D eigenvalue weighted by Gasteiger charge is -2.32. The van der Waals surface area contributed by atoms with Crippen molar-refractivity contribution in [3.63, 3.8) is 0 Å². The van der Waals surface area contributed by atoms with Gasteiger partial charge >= 0.3 is 0 Å². The van der Waals surface area contributed by atoms with Crippen LogP contribution in [0.5, 0.6) is 0 Å². The van der Waals surface area contributed by atoms with Crippen LogP contribution in [-0.4, -0.2) is 71.9 Å². The first kappa shape index (κ1) is 26.7. The molecule has 1 aliphatic rings. The van der Waals surface area contributed by atoms with E-state index in [0.717, 1.165) is 35.3 Å². The van der Waals surface area contributed by atoms with Gasteiger partial charge in [0.1, 0.15) is 6.61 Å². The molecule has 2 aromatic rings. The maximum Gasteiger partial charge on any atom is 0.248 e. The van der Waals surface area contributed by atoms with Crippen molar-refractivity contribution in [3.05, 3.63) is 48.4 Å². The summed E-state index contributed by atoms with van der Waals surface area (Å²) in [5.74, 6) is 0.592. The molecule has 4 N–H and O–H groups in total. The van der Waals surface area contributed by atoms with Gasteiger partial charge in [-0.05, 0) is 25.3 Å². The second-order valence-corrected chi connectivity index (χ2v) is 9.13. The maximum absolute atomic E-state index is 11.8. The van der Waals surface area contributed by atoms with Crippen molar-refractivity contribution in [3.8, 4) is 0 Å². The van der Waals surface area contributed by atoms with Crippen molar-refractivity contribution in [2.45, 2.75) is 32.4 Å². The summed E-state index contributed by atoms with van der Waals surface area (Å²) < 4.78 is 3.36. The molecule has 0 radical (unpaired) electrons. The van der Waals surface area contributed by atoms with Crippen LogP contribution in [-0.2, 0) is 11.8 Å². The van der Waals surface area contributed by atoms with E-state index in [1.807, 2.05) is 26.2 Å². The molecule has 1 aliphatic heterocycles. The van der Waals surface area contributed by atoms with Crippen LogP contribution in [0.1, 0.15) is 43.5 Å². The van der Waals surface area contributed by atoms with Crippen molar-refractivity contribution in [2.75, 3.05) is 25.0 Å². The predicted octanol–water partition coefficient (Wildman–Crippen LogP) is 2.82. The number of carbonyl (C=O) groups is 1. The third-order valence-electron chi connectivity index (χ3n) is 6.11. The highest BCUT2D eigenvalue weighted by atomic mass is 79.9. The van der Waals surface area contributed by atoms with Gasteiger partial charge < -0.3 is 21.1 Å². The number of aliphatic hydroxyl groups is 1.